The lowest BCUT2D eigenvalue weighted by Gasteiger charge is -2.07. The quantitative estimate of drug-likeness (QED) is 0.883. The molecule has 0 unspecified atom stereocenters. The van der Waals surface area contributed by atoms with Crippen LogP contribution in [0.5, 0.6) is 0 Å². The Labute approximate surface area is 113 Å². The van der Waals surface area contributed by atoms with Crippen molar-refractivity contribution < 1.29 is 13.2 Å². The summed E-state index contributed by atoms with van der Waals surface area (Å²) in [5, 5.41) is 8.60. The summed E-state index contributed by atoms with van der Waals surface area (Å²) in [6, 6.07) is 4.04. The number of sulfone groups is 1. The molecule has 0 bridgehead atoms. The minimum atomic E-state index is -3.38. The molecule has 0 spiro atoms. The van der Waals surface area contributed by atoms with Crippen LogP contribution >= 0.6 is 11.6 Å². The second-order valence-corrected chi connectivity index (χ2v) is 6.12. The highest BCUT2D eigenvalue weighted by Gasteiger charge is 2.14. The number of halogens is 1. The Hall–Kier alpha value is -1.93. The first-order chi connectivity index (χ1) is 8.88. The Morgan fingerprint density at radius 1 is 1.42 bits per heavy atom. The van der Waals surface area contributed by atoms with Gasteiger partial charge in [0.05, 0.1) is 15.6 Å². The zero-order chi connectivity index (χ0) is 14.0. The molecule has 2 rings (SSSR count). The van der Waals surface area contributed by atoms with E-state index in [1.54, 1.807) is 0 Å². The smallest absolute Gasteiger partial charge is 0.293 e. The predicted octanol–water partition coefficient (Wildman–Crippen LogP) is 1.11. The molecule has 0 aliphatic rings. The van der Waals surface area contributed by atoms with Crippen LogP contribution in [0.3, 0.4) is 0 Å². The SMILES string of the molecule is CS(=O)(=O)c1ccc(Cl)c(NC(=O)c2ncn[nH]2)c1. The fraction of sp³-hybridized carbons (Fsp3) is 0.100. The number of carbonyl (C=O) groups is 1. The van der Waals surface area contributed by atoms with E-state index in [9.17, 15) is 13.2 Å². The number of nitrogens with zero attached hydrogens (tertiary/aromatic N) is 2. The maximum atomic E-state index is 11.7. The lowest BCUT2D eigenvalue weighted by Crippen LogP contribution is -2.14. The Kier molecular flexibility index (Phi) is 3.54. The van der Waals surface area contributed by atoms with Gasteiger partial charge < -0.3 is 5.32 Å². The molecule has 2 N–H and O–H groups in total. The summed E-state index contributed by atoms with van der Waals surface area (Å²) in [7, 11) is -3.38. The number of carbonyl (C=O) groups excluding carboxylic acids is 1. The van der Waals surface area contributed by atoms with Crippen molar-refractivity contribution in [2.45, 2.75) is 4.90 Å². The second kappa shape index (κ2) is 4.98. The van der Waals surface area contributed by atoms with Crippen molar-refractivity contribution in [3.05, 3.63) is 35.4 Å². The third kappa shape index (κ3) is 3.09. The van der Waals surface area contributed by atoms with Gasteiger partial charge in [-0.05, 0) is 18.2 Å². The normalized spacial score (nSPS) is 11.3. The van der Waals surface area contributed by atoms with E-state index in [1.807, 2.05) is 0 Å². The number of rotatable bonds is 3. The van der Waals surface area contributed by atoms with Crippen LogP contribution in [0.1, 0.15) is 10.6 Å². The van der Waals surface area contributed by atoms with E-state index in [0.717, 1.165) is 6.26 Å². The average Bonchev–Trinajstić information content (AvgIpc) is 2.84. The van der Waals surface area contributed by atoms with Gasteiger partial charge in [0, 0.05) is 6.26 Å². The summed E-state index contributed by atoms with van der Waals surface area (Å²) in [4.78, 5) is 15.5. The van der Waals surface area contributed by atoms with E-state index in [1.165, 1.54) is 24.5 Å². The first-order valence-corrected chi connectivity index (χ1v) is 7.31. The van der Waals surface area contributed by atoms with E-state index in [0.29, 0.717) is 0 Å². The Balaban J connectivity index is 2.32. The average molecular weight is 301 g/mol. The fourth-order valence-electron chi connectivity index (χ4n) is 1.33. The van der Waals surface area contributed by atoms with Crippen molar-refractivity contribution in [1.82, 2.24) is 15.2 Å². The van der Waals surface area contributed by atoms with Crippen LogP contribution in [0.4, 0.5) is 5.69 Å². The summed E-state index contributed by atoms with van der Waals surface area (Å²) in [5.74, 6) is -0.564. The minimum Gasteiger partial charge on any atom is -0.318 e. The Bertz CT molecular complexity index is 712. The molecule has 1 amide bonds. The van der Waals surface area contributed by atoms with Crippen molar-refractivity contribution in [2.75, 3.05) is 11.6 Å². The third-order valence-electron chi connectivity index (χ3n) is 2.24. The zero-order valence-corrected chi connectivity index (χ0v) is 11.3. The van der Waals surface area contributed by atoms with Gasteiger partial charge in [0.25, 0.3) is 5.91 Å². The van der Waals surface area contributed by atoms with Crippen molar-refractivity contribution in [3.63, 3.8) is 0 Å². The van der Waals surface area contributed by atoms with Gasteiger partial charge in [-0.3, -0.25) is 9.89 Å². The molecule has 0 saturated heterocycles. The maximum absolute atomic E-state index is 11.7. The van der Waals surface area contributed by atoms with Gasteiger partial charge in [0.2, 0.25) is 5.82 Å². The van der Waals surface area contributed by atoms with Gasteiger partial charge in [-0.1, -0.05) is 11.6 Å². The molecular weight excluding hydrogens is 292 g/mol. The zero-order valence-electron chi connectivity index (χ0n) is 9.71. The summed E-state index contributed by atoms with van der Waals surface area (Å²) in [6.07, 6.45) is 2.25. The summed E-state index contributed by atoms with van der Waals surface area (Å²) >= 11 is 5.90. The molecule has 0 atom stereocenters. The van der Waals surface area contributed by atoms with E-state index in [4.69, 9.17) is 11.6 Å². The highest BCUT2D eigenvalue weighted by molar-refractivity contribution is 7.90. The Morgan fingerprint density at radius 3 is 2.74 bits per heavy atom. The van der Waals surface area contributed by atoms with Crippen LogP contribution < -0.4 is 5.32 Å². The number of aromatic nitrogens is 3. The number of amides is 1. The molecule has 2 aromatic rings. The minimum absolute atomic E-state index is 0.000764. The van der Waals surface area contributed by atoms with Crippen molar-refractivity contribution >= 4 is 33.0 Å². The summed E-state index contributed by atoms with van der Waals surface area (Å²) < 4.78 is 22.9. The van der Waals surface area contributed by atoms with Gasteiger partial charge in [-0.15, -0.1) is 0 Å². The van der Waals surface area contributed by atoms with Gasteiger partial charge in [-0.2, -0.15) is 5.10 Å². The van der Waals surface area contributed by atoms with E-state index in [-0.39, 0.29) is 21.4 Å². The molecule has 0 saturated carbocycles. The van der Waals surface area contributed by atoms with Crippen molar-refractivity contribution in [1.29, 1.82) is 0 Å². The molecule has 19 heavy (non-hydrogen) atoms. The van der Waals surface area contributed by atoms with Crippen LogP contribution in [-0.4, -0.2) is 35.8 Å². The number of anilines is 1. The second-order valence-electron chi connectivity index (χ2n) is 3.70. The van der Waals surface area contributed by atoms with Gasteiger partial charge in [0.15, 0.2) is 9.84 Å². The summed E-state index contributed by atoms with van der Waals surface area (Å²) in [6.45, 7) is 0. The number of benzene rings is 1. The third-order valence-corrected chi connectivity index (χ3v) is 3.68. The van der Waals surface area contributed by atoms with Crippen LogP contribution in [0.15, 0.2) is 29.4 Å². The van der Waals surface area contributed by atoms with E-state index in [2.05, 4.69) is 20.5 Å². The van der Waals surface area contributed by atoms with Crippen molar-refractivity contribution in [3.8, 4) is 0 Å². The highest BCUT2D eigenvalue weighted by atomic mass is 35.5. The molecule has 0 radical (unpaired) electrons. The van der Waals surface area contributed by atoms with E-state index < -0.39 is 15.7 Å². The molecular formula is C10H9ClN4O3S. The maximum Gasteiger partial charge on any atom is 0.293 e. The van der Waals surface area contributed by atoms with Gasteiger partial charge in [-0.25, -0.2) is 13.4 Å². The monoisotopic (exact) mass is 300 g/mol. The molecule has 1 heterocycles. The van der Waals surface area contributed by atoms with Crippen LogP contribution in [0, 0.1) is 0 Å². The molecule has 1 aromatic carbocycles. The molecule has 0 aliphatic heterocycles. The number of hydrogen-bond donors (Lipinski definition) is 2. The molecule has 7 nitrogen and oxygen atoms in total. The number of aromatic amines is 1. The lowest BCUT2D eigenvalue weighted by molar-refractivity contribution is 0.101. The number of H-pyrrole nitrogens is 1. The highest BCUT2D eigenvalue weighted by Crippen LogP contribution is 2.25. The topological polar surface area (TPSA) is 105 Å². The molecule has 0 aliphatic carbocycles. The molecule has 100 valence electrons. The number of hydrogen-bond acceptors (Lipinski definition) is 5. The van der Waals surface area contributed by atoms with Crippen LogP contribution in [-0.2, 0) is 9.84 Å². The first-order valence-electron chi connectivity index (χ1n) is 5.04. The van der Waals surface area contributed by atoms with Crippen LogP contribution in [0.25, 0.3) is 0 Å². The van der Waals surface area contributed by atoms with Crippen LogP contribution in [0.2, 0.25) is 5.02 Å². The fourth-order valence-corrected chi connectivity index (χ4v) is 2.14. The van der Waals surface area contributed by atoms with Gasteiger partial charge >= 0.3 is 0 Å². The van der Waals surface area contributed by atoms with E-state index >= 15 is 0 Å². The lowest BCUT2D eigenvalue weighted by atomic mass is 10.3. The first kappa shape index (κ1) is 13.5. The number of nitrogens with one attached hydrogen (secondary N) is 2. The summed E-state index contributed by atoms with van der Waals surface area (Å²) in [5.41, 5.74) is 0.186. The van der Waals surface area contributed by atoms with Gasteiger partial charge in [0.1, 0.15) is 6.33 Å². The Morgan fingerprint density at radius 2 is 2.16 bits per heavy atom. The molecule has 1 aromatic heterocycles. The standard InChI is InChI=1S/C10H9ClN4O3S/c1-19(17,18)6-2-3-7(11)8(4-6)14-10(16)9-12-5-13-15-9/h2-5H,1H3,(H,14,16)(H,12,13,15). The molecule has 0 fully saturated rings. The predicted molar refractivity (Wildman–Crippen MR) is 68.9 cm³/mol. The largest absolute Gasteiger partial charge is 0.318 e. The van der Waals surface area contributed by atoms with Crippen molar-refractivity contribution in [2.24, 2.45) is 0 Å². The molecule has 9 heteroatoms.